The molecule has 0 atom stereocenters. The van der Waals surface area contributed by atoms with Gasteiger partial charge in [0.25, 0.3) is 11.8 Å². The molecule has 2 heterocycles. The molecule has 24 heavy (non-hydrogen) atoms. The number of carbonyl (C=O) groups is 1. The van der Waals surface area contributed by atoms with Crippen LogP contribution in [0.2, 0.25) is 0 Å². The molecule has 0 unspecified atom stereocenters. The summed E-state index contributed by atoms with van der Waals surface area (Å²) in [6.45, 7) is 2.66. The van der Waals surface area contributed by atoms with Gasteiger partial charge in [0.2, 0.25) is 5.88 Å². The number of hydrogen-bond donors (Lipinski definition) is 1. The normalized spacial score (nSPS) is 11.2. The van der Waals surface area contributed by atoms with Gasteiger partial charge in [0.15, 0.2) is 11.4 Å². The molecular formula is C14H13F3N4O3. The molecule has 2 aromatic rings. The average molecular weight is 342 g/mol. The first kappa shape index (κ1) is 17.4. The minimum Gasteiger partial charge on any atom is -0.481 e. The van der Waals surface area contributed by atoms with Crippen LogP contribution in [0.15, 0.2) is 12.1 Å². The first-order chi connectivity index (χ1) is 11.1. The molecule has 7 nitrogen and oxygen atoms in total. The van der Waals surface area contributed by atoms with Crippen molar-refractivity contribution in [3.8, 4) is 17.5 Å². The summed E-state index contributed by atoms with van der Waals surface area (Å²) in [5, 5.41) is 6.45. The fraction of sp³-hybridized carbons (Fsp3) is 0.286. The smallest absolute Gasteiger partial charge is 0.435 e. The van der Waals surface area contributed by atoms with Gasteiger partial charge in [-0.3, -0.25) is 4.79 Å². The van der Waals surface area contributed by atoms with Gasteiger partial charge in [0.1, 0.15) is 5.56 Å². The number of nitrogens with zero attached hydrogens (tertiary/aromatic N) is 3. The van der Waals surface area contributed by atoms with Crippen molar-refractivity contribution < 1.29 is 27.4 Å². The molecule has 1 amide bonds. The second kappa shape index (κ2) is 6.30. The quantitative estimate of drug-likeness (QED) is 0.916. The Labute approximate surface area is 134 Å². The van der Waals surface area contributed by atoms with E-state index in [1.165, 1.54) is 19.2 Å². The van der Waals surface area contributed by atoms with E-state index < -0.39 is 34.8 Å². The first-order valence-electron chi connectivity index (χ1n) is 6.59. The van der Waals surface area contributed by atoms with Gasteiger partial charge in [0, 0.05) is 6.07 Å². The van der Waals surface area contributed by atoms with Crippen molar-refractivity contribution in [1.82, 2.24) is 15.2 Å². The fourth-order valence-corrected chi connectivity index (χ4v) is 1.98. The second-order valence-electron chi connectivity index (χ2n) is 4.75. The number of primary amides is 1. The van der Waals surface area contributed by atoms with Crippen LogP contribution in [0.25, 0.3) is 0 Å². The third kappa shape index (κ3) is 3.36. The van der Waals surface area contributed by atoms with E-state index in [9.17, 15) is 18.0 Å². The van der Waals surface area contributed by atoms with Crippen molar-refractivity contribution >= 4 is 5.91 Å². The van der Waals surface area contributed by atoms with Gasteiger partial charge < -0.3 is 15.2 Å². The lowest BCUT2D eigenvalue weighted by Gasteiger charge is -2.14. The monoisotopic (exact) mass is 342 g/mol. The number of alkyl halides is 3. The lowest BCUT2D eigenvalue weighted by atomic mass is 10.1. The number of aryl methyl sites for hydroxylation is 1. The number of pyridine rings is 1. The van der Waals surface area contributed by atoms with E-state index in [-0.39, 0.29) is 5.75 Å². The van der Waals surface area contributed by atoms with Crippen molar-refractivity contribution in [3.05, 3.63) is 34.6 Å². The predicted molar refractivity (Wildman–Crippen MR) is 75.9 cm³/mol. The molecule has 2 N–H and O–H groups in total. The van der Waals surface area contributed by atoms with E-state index in [0.29, 0.717) is 11.6 Å². The molecule has 128 valence electrons. The summed E-state index contributed by atoms with van der Waals surface area (Å²) in [6.07, 6.45) is -4.77. The number of carbonyl (C=O) groups excluding carboxylic acids is 1. The molecule has 2 aromatic heterocycles. The topological polar surface area (TPSA) is 100 Å². The second-order valence-corrected chi connectivity index (χ2v) is 4.75. The standard InChI is InChI=1S/C14H13F3N4O3/c1-6-10(12(18)22)13(21-20-11(6)14(15,16)17)24-8-4-5-9(23-3)19-7(8)2/h4-5H,1-3H3,(H2,18,22). The van der Waals surface area contributed by atoms with E-state index in [1.807, 2.05) is 0 Å². The average Bonchev–Trinajstić information content (AvgIpc) is 2.47. The van der Waals surface area contributed by atoms with Crippen LogP contribution >= 0.6 is 0 Å². The van der Waals surface area contributed by atoms with Crippen LogP contribution in [0, 0.1) is 13.8 Å². The number of aromatic nitrogens is 3. The van der Waals surface area contributed by atoms with Crippen LogP contribution in [-0.4, -0.2) is 28.2 Å². The molecular weight excluding hydrogens is 329 g/mol. The Morgan fingerprint density at radius 3 is 2.38 bits per heavy atom. The highest BCUT2D eigenvalue weighted by Crippen LogP contribution is 2.34. The van der Waals surface area contributed by atoms with Crippen molar-refractivity contribution in [2.75, 3.05) is 7.11 Å². The summed E-state index contributed by atoms with van der Waals surface area (Å²) in [6, 6.07) is 2.96. The van der Waals surface area contributed by atoms with Gasteiger partial charge in [-0.25, -0.2) is 4.98 Å². The molecule has 0 radical (unpaired) electrons. The molecule has 0 saturated carbocycles. The molecule has 0 aliphatic rings. The third-order valence-electron chi connectivity index (χ3n) is 3.13. The summed E-state index contributed by atoms with van der Waals surface area (Å²) < 4.78 is 49.0. The van der Waals surface area contributed by atoms with Gasteiger partial charge in [-0.05, 0) is 25.5 Å². The van der Waals surface area contributed by atoms with Crippen LogP contribution in [0.3, 0.4) is 0 Å². The fourth-order valence-electron chi connectivity index (χ4n) is 1.98. The summed E-state index contributed by atoms with van der Waals surface area (Å²) in [5.74, 6) is -1.04. The molecule has 2 rings (SSSR count). The van der Waals surface area contributed by atoms with Crippen LogP contribution in [0.5, 0.6) is 17.5 Å². The number of rotatable bonds is 4. The Hall–Kier alpha value is -2.91. The zero-order chi connectivity index (χ0) is 18.1. The highest BCUT2D eigenvalue weighted by molar-refractivity contribution is 5.96. The molecule has 0 spiro atoms. The Kier molecular flexibility index (Phi) is 4.58. The van der Waals surface area contributed by atoms with E-state index in [4.69, 9.17) is 15.2 Å². The number of halogens is 3. The largest absolute Gasteiger partial charge is 0.481 e. The summed E-state index contributed by atoms with van der Waals surface area (Å²) in [4.78, 5) is 15.6. The predicted octanol–water partition coefficient (Wildman–Crippen LogP) is 2.41. The molecule has 0 saturated heterocycles. The summed E-state index contributed by atoms with van der Waals surface area (Å²) >= 11 is 0. The molecule has 0 aromatic carbocycles. The molecule has 0 bridgehead atoms. The maximum atomic E-state index is 12.9. The van der Waals surface area contributed by atoms with Crippen molar-refractivity contribution in [1.29, 1.82) is 0 Å². The maximum absolute atomic E-state index is 12.9. The molecule has 0 aliphatic heterocycles. The Balaban J connectivity index is 2.51. The number of amides is 1. The summed E-state index contributed by atoms with van der Waals surface area (Å²) in [7, 11) is 1.43. The van der Waals surface area contributed by atoms with E-state index in [1.54, 1.807) is 6.92 Å². The first-order valence-corrected chi connectivity index (χ1v) is 6.59. The number of methoxy groups -OCH3 is 1. The minimum absolute atomic E-state index is 0.173. The van der Waals surface area contributed by atoms with Crippen LogP contribution in [-0.2, 0) is 6.18 Å². The molecule has 10 heteroatoms. The zero-order valence-corrected chi connectivity index (χ0v) is 12.9. The van der Waals surface area contributed by atoms with Crippen molar-refractivity contribution in [3.63, 3.8) is 0 Å². The minimum atomic E-state index is -4.77. The van der Waals surface area contributed by atoms with Gasteiger partial charge >= 0.3 is 6.18 Å². The van der Waals surface area contributed by atoms with Crippen LogP contribution < -0.4 is 15.2 Å². The van der Waals surface area contributed by atoms with E-state index in [0.717, 1.165) is 6.92 Å². The van der Waals surface area contributed by atoms with Gasteiger partial charge in [-0.2, -0.15) is 13.2 Å². The SMILES string of the molecule is COc1ccc(Oc2nnc(C(F)(F)F)c(C)c2C(N)=O)c(C)n1. The molecule has 0 aliphatic carbocycles. The Morgan fingerprint density at radius 2 is 1.88 bits per heavy atom. The molecule has 0 fully saturated rings. The van der Waals surface area contributed by atoms with Crippen LogP contribution in [0.4, 0.5) is 13.2 Å². The Morgan fingerprint density at radius 1 is 1.21 bits per heavy atom. The Bertz CT molecular complexity index is 794. The number of ether oxygens (including phenoxy) is 2. The van der Waals surface area contributed by atoms with E-state index >= 15 is 0 Å². The lowest BCUT2D eigenvalue weighted by Crippen LogP contribution is -2.20. The van der Waals surface area contributed by atoms with Crippen molar-refractivity contribution in [2.45, 2.75) is 20.0 Å². The van der Waals surface area contributed by atoms with E-state index in [2.05, 4.69) is 15.2 Å². The third-order valence-corrected chi connectivity index (χ3v) is 3.13. The highest BCUT2D eigenvalue weighted by Gasteiger charge is 2.37. The number of nitrogens with two attached hydrogens (primary N) is 1. The van der Waals surface area contributed by atoms with Gasteiger partial charge in [-0.1, -0.05) is 0 Å². The van der Waals surface area contributed by atoms with Crippen molar-refractivity contribution in [2.24, 2.45) is 5.73 Å². The maximum Gasteiger partial charge on any atom is 0.435 e. The van der Waals surface area contributed by atoms with Gasteiger partial charge in [0.05, 0.1) is 12.8 Å². The lowest BCUT2D eigenvalue weighted by molar-refractivity contribution is -0.142. The van der Waals surface area contributed by atoms with Gasteiger partial charge in [-0.15, -0.1) is 10.2 Å². The zero-order valence-electron chi connectivity index (χ0n) is 12.9. The summed E-state index contributed by atoms with van der Waals surface area (Å²) in [5.41, 5.74) is 3.30. The van der Waals surface area contributed by atoms with Crippen LogP contribution in [0.1, 0.15) is 27.3 Å². The highest BCUT2D eigenvalue weighted by atomic mass is 19.4. The number of hydrogen-bond acceptors (Lipinski definition) is 6.